The Bertz CT molecular complexity index is 123. The third-order valence-electron chi connectivity index (χ3n) is 1.85. The Morgan fingerprint density at radius 3 is 2.67 bits per heavy atom. The zero-order valence-corrected chi connectivity index (χ0v) is 9.34. The smallest absolute Gasteiger partial charge is 0.0155 e. The van der Waals surface area contributed by atoms with Crippen LogP contribution in [0.2, 0.25) is 0 Å². The fourth-order valence-electron chi connectivity index (χ4n) is 1.01. The minimum atomic E-state index is 0.680. The monoisotopic (exact) mass is 187 g/mol. The normalized spacial score (nSPS) is 12.9. The highest BCUT2D eigenvalue weighted by Gasteiger charge is 2.02. The summed E-state index contributed by atoms with van der Waals surface area (Å²) in [5.41, 5.74) is 1.27. The van der Waals surface area contributed by atoms with Gasteiger partial charge in [0.25, 0.3) is 0 Å². The lowest BCUT2D eigenvalue weighted by atomic mass is 10.2. The van der Waals surface area contributed by atoms with E-state index in [2.05, 4.69) is 32.0 Å². The zero-order chi connectivity index (χ0) is 9.40. The Balaban J connectivity index is 3.37. The molecule has 0 amide bonds. The van der Waals surface area contributed by atoms with Crippen LogP contribution in [0, 0.1) is 0 Å². The van der Waals surface area contributed by atoms with Gasteiger partial charge in [-0.2, -0.15) is 11.8 Å². The second-order valence-corrected chi connectivity index (χ2v) is 4.13. The van der Waals surface area contributed by atoms with Crippen LogP contribution in [-0.4, -0.2) is 24.6 Å². The van der Waals surface area contributed by atoms with Crippen molar-refractivity contribution in [1.82, 2.24) is 5.32 Å². The number of thioether (sulfide) groups is 1. The molecule has 0 saturated heterocycles. The summed E-state index contributed by atoms with van der Waals surface area (Å²) in [5, 5.41) is 3.52. The lowest BCUT2D eigenvalue weighted by Gasteiger charge is -2.15. The van der Waals surface area contributed by atoms with E-state index in [1.54, 1.807) is 0 Å². The lowest BCUT2D eigenvalue weighted by Crippen LogP contribution is -2.31. The van der Waals surface area contributed by atoms with Gasteiger partial charge in [0.15, 0.2) is 0 Å². The molecule has 0 saturated carbocycles. The van der Waals surface area contributed by atoms with Crippen LogP contribution in [0.25, 0.3) is 0 Å². The average Bonchev–Trinajstić information content (AvgIpc) is 2.02. The number of hydrogen-bond acceptors (Lipinski definition) is 2. The first-order valence-corrected chi connectivity index (χ1v) is 5.96. The maximum Gasteiger partial charge on any atom is 0.0155 e. The molecule has 1 N–H and O–H groups in total. The van der Waals surface area contributed by atoms with Crippen LogP contribution in [0.15, 0.2) is 12.2 Å². The van der Waals surface area contributed by atoms with Crippen molar-refractivity contribution < 1.29 is 0 Å². The van der Waals surface area contributed by atoms with Gasteiger partial charge >= 0.3 is 0 Å². The molecule has 12 heavy (non-hydrogen) atoms. The van der Waals surface area contributed by atoms with Crippen molar-refractivity contribution in [2.75, 3.05) is 18.6 Å². The largest absolute Gasteiger partial charge is 0.313 e. The molecule has 0 aliphatic rings. The summed E-state index contributed by atoms with van der Waals surface area (Å²) < 4.78 is 0. The van der Waals surface area contributed by atoms with Gasteiger partial charge in [-0.15, -0.1) is 6.58 Å². The highest BCUT2D eigenvalue weighted by atomic mass is 32.2. The van der Waals surface area contributed by atoms with E-state index in [1.807, 2.05) is 11.8 Å². The minimum absolute atomic E-state index is 0.680. The summed E-state index contributed by atoms with van der Waals surface area (Å²) in [6.07, 6.45) is 4.48. The van der Waals surface area contributed by atoms with Gasteiger partial charge in [0.2, 0.25) is 0 Å². The summed E-state index contributed by atoms with van der Waals surface area (Å²) in [6.45, 7) is 9.27. The molecule has 0 radical (unpaired) electrons. The van der Waals surface area contributed by atoms with Crippen molar-refractivity contribution >= 4 is 11.8 Å². The SMILES string of the molecule is C=C(C)CCNC(CC)CSC. The van der Waals surface area contributed by atoms with Gasteiger partial charge in [-0.05, 0) is 32.6 Å². The van der Waals surface area contributed by atoms with E-state index >= 15 is 0 Å². The Morgan fingerprint density at radius 1 is 1.58 bits per heavy atom. The minimum Gasteiger partial charge on any atom is -0.313 e. The molecule has 0 rings (SSSR count). The molecule has 72 valence electrons. The molecule has 0 bridgehead atoms. The van der Waals surface area contributed by atoms with Crippen molar-refractivity contribution in [3.63, 3.8) is 0 Å². The van der Waals surface area contributed by atoms with E-state index < -0.39 is 0 Å². The zero-order valence-electron chi connectivity index (χ0n) is 8.52. The first-order chi connectivity index (χ1) is 5.70. The fraction of sp³-hybridized carbons (Fsp3) is 0.800. The number of hydrogen-bond donors (Lipinski definition) is 1. The van der Waals surface area contributed by atoms with Gasteiger partial charge < -0.3 is 5.32 Å². The van der Waals surface area contributed by atoms with Gasteiger partial charge in [-0.3, -0.25) is 0 Å². The first-order valence-electron chi connectivity index (χ1n) is 4.57. The predicted molar refractivity (Wildman–Crippen MR) is 59.9 cm³/mol. The van der Waals surface area contributed by atoms with Crippen LogP contribution in [0.4, 0.5) is 0 Å². The predicted octanol–water partition coefficient (Wildman–Crippen LogP) is 2.68. The third-order valence-corrected chi connectivity index (χ3v) is 2.58. The van der Waals surface area contributed by atoms with E-state index in [1.165, 1.54) is 17.7 Å². The van der Waals surface area contributed by atoms with Crippen molar-refractivity contribution in [3.8, 4) is 0 Å². The van der Waals surface area contributed by atoms with Gasteiger partial charge in [0.1, 0.15) is 0 Å². The highest BCUT2D eigenvalue weighted by Crippen LogP contribution is 2.01. The molecule has 1 nitrogen and oxygen atoms in total. The summed E-state index contributed by atoms with van der Waals surface area (Å²) in [5.74, 6) is 1.21. The van der Waals surface area contributed by atoms with Crippen molar-refractivity contribution in [2.24, 2.45) is 0 Å². The number of rotatable bonds is 7. The maximum absolute atomic E-state index is 3.88. The quantitative estimate of drug-likeness (QED) is 0.615. The summed E-state index contributed by atoms with van der Waals surface area (Å²) in [7, 11) is 0. The molecular formula is C10H21NS. The average molecular weight is 187 g/mol. The van der Waals surface area contributed by atoms with E-state index in [-0.39, 0.29) is 0 Å². The molecule has 1 atom stereocenters. The molecule has 0 heterocycles. The Morgan fingerprint density at radius 2 is 2.25 bits per heavy atom. The summed E-state index contributed by atoms with van der Waals surface area (Å²) in [4.78, 5) is 0. The summed E-state index contributed by atoms with van der Waals surface area (Å²) in [6, 6.07) is 0.680. The second kappa shape index (κ2) is 7.69. The van der Waals surface area contributed by atoms with Crippen LogP contribution in [0.5, 0.6) is 0 Å². The lowest BCUT2D eigenvalue weighted by molar-refractivity contribution is 0.544. The van der Waals surface area contributed by atoms with Gasteiger partial charge in [0.05, 0.1) is 0 Å². The van der Waals surface area contributed by atoms with Gasteiger partial charge in [0, 0.05) is 11.8 Å². The van der Waals surface area contributed by atoms with Crippen molar-refractivity contribution in [1.29, 1.82) is 0 Å². The maximum atomic E-state index is 3.88. The molecule has 0 aliphatic carbocycles. The molecule has 0 aromatic heterocycles. The molecule has 0 spiro atoms. The number of nitrogens with one attached hydrogen (secondary N) is 1. The molecular weight excluding hydrogens is 166 g/mol. The van der Waals surface area contributed by atoms with Gasteiger partial charge in [-0.1, -0.05) is 12.5 Å². The van der Waals surface area contributed by atoms with E-state index in [0.717, 1.165) is 13.0 Å². The highest BCUT2D eigenvalue weighted by molar-refractivity contribution is 7.98. The van der Waals surface area contributed by atoms with Crippen LogP contribution in [0.1, 0.15) is 26.7 Å². The van der Waals surface area contributed by atoms with Crippen LogP contribution >= 0.6 is 11.8 Å². The molecule has 0 aliphatic heterocycles. The molecule has 2 heteroatoms. The standard InChI is InChI=1S/C10H21NS/c1-5-10(8-12-4)11-7-6-9(2)3/h10-11H,2,5-8H2,1,3-4H3. The van der Waals surface area contributed by atoms with Crippen molar-refractivity contribution in [3.05, 3.63) is 12.2 Å². The Labute approximate surface area is 81.0 Å². The first kappa shape index (κ1) is 12.0. The third kappa shape index (κ3) is 6.74. The van der Waals surface area contributed by atoms with E-state index in [4.69, 9.17) is 0 Å². The van der Waals surface area contributed by atoms with Gasteiger partial charge in [-0.25, -0.2) is 0 Å². The van der Waals surface area contributed by atoms with Crippen LogP contribution in [-0.2, 0) is 0 Å². The fourth-order valence-corrected chi connectivity index (χ4v) is 1.77. The van der Waals surface area contributed by atoms with E-state index in [9.17, 15) is 0 Å². The topological polar surface area (TPSA) is 12.0 Å². The second-order valence-electron chi connectivity index (χ2n) is 3.22. The molecule has 1 unspecified atom stereocenters. The van der Waals surface area contributed by atoms with Crippen molar-refractivity contribution in [2.45, 2.75) is 32.7 Å². The molecule has 0 aromatic carbocycles. The summed E-state index contributed by atoms with van der Waals surface area (Å²) >= 11 is 1.91. The Hall–Kier alpha value is 0.0500. The molecule has 0 fully saturated rings. The molecule has 0 aromatic rings. The van der Waals surface area contributed by atoms with Crippen LogP contribution < -0.4 is 5.32 Å². The van der Waals surface area contributed by atoms with Crippen LogP contribution in [0.3, 0.4) is 0 Å². The Kier molecular flexibility index (Phi) is 7.72. The van der Waals surface area contributed by atoms with E-state index in [0.29, 0.717) is 6.04 Å².